The minimum atomic E-state index is -1.82. The number of nitrogens with zero attached hydrogens (tertiary/aromatic N) is 3. The fourth-order valence-corrected chi connectivity index (χ4v) is 5.37. The van der Waals surface area contributed by atoms with Gasteiger partial charge in [-0.2, -0.15) is 0 Å². The van der Waals surface area contributed by atoms with Crippen LogP contribution >= 0.6 is 11.6 Å². The highest BCUT2D eigenvalue weighted by Crippen LogP contribution is 2.59. The van der Waals surface area contributed by atoms with E-state index in [-0.39, 0.29) is 0 Å². The van der Waals surface area contributed by atoms with Crippen molar-refractivity contribution in [2.75, 3.05) is 25.4 Å². The zero-order valence-electron chi connectivity index (χ0n) is 17.9. The minimum absolute atomic E-state index is 0.420. The molecule has 3 heterocycles. The normalized spacial score (nSPS) is 25.7. The van der Waals surface area contributed by atoms with Crippen LogP contribution in [-0.4, -0.2) is 63.0 Å². The second-order valence-corrected chi connectivity index (χ2v) is 9.43. The van der Waals surface area contributed by atoms with E-state index in [1.54, 1.807) is 6.07 Å². The van der Waals surface area contributed by atoms with E-state index >= 15 is 0 Å². The monoisotopic (exact) mass is 476 g/mol. The summed E-state index contributed by atoms with van der Waals surface area (Å²) in [6.45, 7) is 3.04. The first kappa shape index (κ1) is 22.0. The van der Waals surface area contributed by atoms with Crippen LogP contribution in [0.3, 0.4) is 0 Å². The van der Waals surface area contributed by atoms with Gasteiger partial charge in [-0.15, -0.1) is 10.2 Å². The average Bonchev–Trinajstić information content (AvgIpc) is 3.09. The van der Waals surface area contributed by atoms with Crippen LogP contribution in [0.2, 0.25) is 5.02 Å². The molecule has 4 N–H and O–H groups in total. The first-order chi connectivity index (χ1) is 15.8. The van der Waals surface area contributed by atoms with Crippen molar-refractivity contribution in [1.82, 2.24) is 15.1 Å². The van der Waals surface area contributed by atoms with Gasteiger partial charge in [-0.3, -0.25) is 4.90 Å². The Kier molecular flexibility index (Phi) is 5.65. The molecular weight excluding hydrogens is 452 g/mol. The largest absolute Gasteiger partial charge is 0.492 e. The molecule has 6 rings (SSSR count). The zero-order chi connectivity index (χ0) is 23.3. The second kappa shape index (κ2) is 8.49. The van der Waals surface area contributed by atoms with Crippen molar-refractivity contribution in [3.8, 4) is 17.2 Å². The quantitative estimate of drug-likeness (QED) is 0.445. The molecule has 10 nitrogen and oxygen atoms in total. The maximum atomic E-state index is 9.10. The van der Waals surface area contributed by atoms with Gasteiger partial charge >= 0.3 is 11.9 Å². The SMILES string of the molecule is Nc1c(Cl)cc(-c2nnc(C3C4CN(C5CCC5)CC43)o2)c2c1CCCO2.O=C(O)C(=O)O. The van der Waals surface area contributed by atoms with Gasteiger partial charge in [0.05, 0.1) is 22.9 Å². The molecule has 1 saturated heterocycles. The van der Waals surface area contributed by atoms with Crippen molar-refractivity contribution < 1.29 is 29.0 Å². The Morgan fingerprint density at radius 1 is 1.12 bits per heavy atom. The number of anilines is 1. The zero-order valence-corrected chi connectivity index (χ0v) is 18.6. The van der Waals surface area contributed by atoms with Gasteiger partial charge < -0.3 is 25.1 Å². The molecular formula is C22H25ClN4O6. The molecule has 1 aromatic carbocycles. The lowest BCUT2D eigenvalue weighted by Gasteiger charge is -2.35. The van der Waals surface area contributed by atoms with E-state index in [4.69, 9.17) is 46.3 Å². The van der Waals surface area contributed by atoms with Crippen LogP contribution in [0.1, 0.15) is 43.1 Å². The van der Waals surface area contributed by atoms with E-state index in [2.05, 4.69) is 15.1 Å². The number of hydrogen-bond donors (Lipinski definition) is 3. The van der Waals surface area contributed by atoms with Crippen LogP contribution in [0.25, 0.3) is 11.5 Å². The molecule has 2 atom stereocenters. The lowest BCUT2D eigenvalue weighted by Crippen LogP contribution is -2.40. The van der Waals surface area contributed by atoms with Gasteiger partial charge in [0.2, 0.25) is 5.89 Å². The topological polar surface area (TPSA) is 152 Å². The van der Waals surface area contributed by atoms with Gasteiger partial charge in [-0.1, -0.05) is 18.0 Å². The van der Waals surface area contributed by atoms with Crippen molar-refractivity contribution in [3.63, 3.8) is 0 Å². The van der Waals surface area contributed by atoms with E-state index in [1.807, 2.05) is 0 Å². The van der Waals surface area contributed by atoms with Gasteiger partial charge in [0.1, 0.15) is 5.75 Å². The van der Waals surface area contributed by atoms with Crippen molar-refractivity contribution in [2.45, 2.75) is 44.1 Å². The summed E-state index contributed by atoms with van der Waals surface area (Å²) >= 11 is 6.35. The highest BCUT2D eigenvalue weighted by molar-refractivity contribution is 6.33. The number of piperidine rings is 1. The van der Waals surface area contributed by atoms with Crippen LogP contribution in [0, 0.1) is 11.8 Å². The Labute approximate surface area is 194 Å². The van der Waals surface area contributed by atoms with Crippen LogP contribution in [0.4, 0.5) is 5.69 Å². The Hall–Kier alpha value is -2.85. The molecule has 1 aromatic heterocycles. The highest BCUT2D eigenvalue weighted by atomic mass is 35.5. The molecule has 33 heavy (non-hydrogen) atoms. The van der Waals surface area contributed by atoms with E-state index in [0.29, 0.717) is 41.0 Å². The van der Waals surface area contributed by atoms with Crippen molar-refractivity contribution in [3.05, 3.63) is 22.5 Å². The number of nitrogens with two attached hydrogens (primary N) is 1. The molecule has 2 aromatic rings. The number of benzene rings is 1. The summed E-state index contributed by atoms with van der Waals surface area (Å²) in [5, 5.41) is 24.0. The number of ether oxygens (including phenoxy) is 1. The number of aliphatic carboxylic acids is 2. The van der Waals surface area contributed by atoms with Gasteiger partial charge in [0, 0.05) is 30.6 Å². The van der Waals surface area contributed by atoms with E-state index in [9.17, 15) is 0 Å². The Balaban J connectivity index is 0.000000340. The number of carbonyl (C=O) groups is 2. The van der Waals surface area contributed by atoms with Crippen molar-refractivity contribution in [1.29, 1.82) is 0 Å². The number of carboxylic acid groups (broad SMARTS) is 2. The summed E-state index contributed by atoms with van der Waals surface area (Å²) in [6.07, 6.45) is 5.94. The minimum Gasteiger partial charge on any atom is -0.492 e. The summed E-state index contributed by atoms with van der Waals surface area (Å²) in [6, 6.07) is 2.63. The third-order valence-corrected chi connectivity index (χ3v) is 7.45. The third kappa shape index (κ3) is 4.02. The summed E-state index contributed by atoms with van der Waals surface area (Å²) in [5.41, 5.74) is 8.47. The molecule has 2 unspecified atom stereocenters. The molecule has 0 spiro atoms. The number of aromatic nitrogens is 2. The average molecular weight is 477 g/mol. The molecule has 2 saturated carbocycles. The number of rotatable bonds is 3. The number of nitrogen functional groups attached to an aromatic ring is 1. The fourth-order valence-electron chi connectivity index (χ4n) is 5.15. The highest BCUT2D eigenvalue weighted by Gasteiger charge is 2.60. The maximum Gasteiger partial charge on any atom is 0.414 e. The summed E-state index contributed by atoms with van der Waals surface area (Å²) in [7, 11) is 0. The first-order valence-corrected chi connectivity index (χ1v) is 11.5. The molecule has 2 aliphatic carbocycles. The Morgan fingerprint density at radius 3 is 2.42 bits per heavy atom. The third-order valence-electron chi connectivity index (χ3n) is 7.14. The van der Waals surface area contributed by atoms with Crippen molar-refractivity contribution in [2.24, 2.45) is 11.8 Å². The molecule has 0 bridgehead atoms. The molecule has 11 heteroatoms. The maximum absolute atomic E-state index is 9.10. The Bertz CT molecular complexity index is 1080. The van der Waals surface area contributed by atoms with E-state index < -0.39 is 11.9 Å². The molecule has 4 aliphatic rings. The van der Waals surface area contributed by atoms with Gasteiger partial charge in [0.25, 0.3) is 5.89 Å². The molecule has 0 radical (unpaired) electrons. The molecule has 2 aliphatic heterocycles. The predicted molar refractivity (Wildman–Crippen MR) is 117 cm³/mol. The van der Waals surface area contributed by atoms with Crippen LogP contribution in [0.15, 0.2) is 10.5 Å². The fraction of sp³-hybridized carbons (Fsp3) is 0.545. The predicted octanol–water partition coefficient (Wildman–Crippen LogP) is 2.65. The molecule has 0 amide bonds. The van der Waals surface area contributed by atoms with Crippen LogP contribution in [-0.2, 0) is 16.0 Å². The van der Waals surface area contributed by atoms with Crippen LogP contribution < -0.4 is 10.5 Å². The first-order valence-electron chi connectivity index (χ1n) is 11.1. The summed E-state index contributed by atoms with van der Waals surface area (Å²) in [5.74, 6) is 0.147. The number of halogens is 1. The summed E-state index contributed by atoms with van der Waals surface area (Å²) < 4.78 is 12.0. The standard InChI is InChI=1S/C20H23ClN4O2.C2H2O4/c21-15-7-12(18-11(17(15)22)5-2-6-26-18)19-23-24-20(27-19)16-13-8-25(9-14(13)16)10-3-1-4-10;3-1(4)2(5)6/h7,10,13-14,16H,1-6,8-9,22H2;(H,3,4)(H,5,6). The number of hydrogen-bond acceptors (Lipinski definition) is 8. The second-order valence-electron chi connectivity index (χ2n) is 9.03. The van der Waals surface area contributed by atoms with Gasteiger partial charge in [0.15, 0.2) is 0 Å². The molecule has 3 fully saturated rings. The lowest BCUT2D eigenvalue weighted by atomic mass is 9.91. The van der Waals surface area contributed by atoms with Crippen LogP contribution in [0.5, 0.6) is 5.75 Å². The van der Waals surface area contributed by atoms with E-state index in [1.165, 1.54) is 32.4 Å². The smallest absolute Gasteiger partial charge is 0.414 e. The Morgan fingerprint density at radius 2 is 1.82 bits per heavy atom. The lowest BCUT2D eigenvalue weighted by molar-refractivity contribution is -0.159. The van der Waals surface area contributed by atoms with Gasteiger partial charge in [-0.05, 0) is 43.6 Å². The van der Waals surface area contributed by atoms with Gasteiger partial charge in [-0.25, -0.2) is 9.59 Å². The van der Waals surface area contributed by atoms with Crippen molar-refractivity contribution >= 4 is 29.2 Å². The van der Waals surface area contributed by atoms with E-state index in [0.717, 1.165) is 41.7 Å². The number of fused-ring (bicyclic) bond motifs is 2. The summed E-state index contributed by atoms with van der Waals surface area (Å²) in [4.78, 5) is 20.9. The molecule has 176 valence electrons. The number of carboxylic acids is 2. The number of likely N-dealkylation sites (tertiary alicyclic amines) is 1.